The first-order chi connectivity index (χ1) is 7.13. The molecule has 1 aromatic carbocycles. The van der Waals surface area contributed by atoms with E-state index in [1.165, 1.54) is 0 Å². The number of hydrogen-bond donors (Lipinski definition) is 0. The second-order valence-electron chi connectivity index (χ2n) is 2.96. The molecule has 0 saturated carbocycles. The molecule has 0 aromatic heterocycles. The van der Waals surface area contributed by atoms with Gasteiger partial charge in [0, 0.05) is 6.42 Å². The van der Waals surface area contributed by atoms with Crippen LogP contribution in [0.15, 0.2) is 0 Å². The molecule has 0 fully saturated rings. The molecule has 82 valence electrons. The van der Waals surface area contributed by atoms with Gasteiger partial charge in [-0.2, -0.15) is 8.78 Å². The van der Waals surface area contributed by atoms with Crippen molar-refractivity contribution >= 4 is 0 Å². The Kier molecular flexibility index (Phi) is 2.42. The van der Waals surface area contributed by atoms with Crippen LogP contribution in [0.3, 0.4) is 0 Å². The number of hydrogen-bond acceptors (Lipinski definition) is 2. The highest BCUT2D eigenvalue weighted by Gasteiger charge is 2.28. The summed E-state index contributed by atoms with van der Waals surface area (Å²) in [6.45, 7) is 0.128. The van der Waals surface area contributed by atoms with Crippen molar-refractivity contribution in [1.82, 2.24) is 0 Å². The molecule has 0 saturated heterocycles. The Morgan fingerprint density at radius 2 is 1.07 bits per heavy atom. The van der Waals surface area contributed by atoms with Gasteiger partial charge in [0.1, 0.15) is 0 Å². The topological polar surface area (TPSA) is 18.5 Å². The van der Waals surface area contributed by atoms with Crippen molar-refractivity contribution in [2.75, 3.05) is 13.2 Å². The Bertz CT molecular complexity index is 369. The van der Waals surface area contributed by atoms with Crippen molar-refractivity contribution in [2.24, 2.45) is 0 Å². The fourth-order valence-electron chi connectivity index (χ4n) is 1.26. The molecular weight excluding hydrogens is 216 g/mol. The first kappa shape index (κ1) is 10.1. The predicted molar refractivity (Wildman–Crippen MR) is 41.9 cm³/mol. The highest BCUT2D eigenvalue weighted by Crippen LogP contribution is 2.38. The smallest absolute Gasteiger partial charge is 0.207 e. The van der Waals surface area contributed by atoms with E-state index in [4.69, 9.17) is 9.47 Å². The third kappa shape index (κ3) is 1.49. The average molecular weight is 222 g/mol. The molecule has 2 rings (SSSR count). The highest BCUT2D eigenvalue weighted by atomic mass is 19.2. The zero-order valence-electron chi connectivity index (χ0n) is 7.45. The van der Waals surface area contributed by atoms with Gasteiger partial charge in [0.25, 0.3) is 0 Å². The summed E-state index contributed by atoms with van der Waals surface area (Å²) in [6.07, 6.45) is 0.386. The van der Waals surface area contributed by atoms with Crippen molar-refractivity contribution in [3.63, 3.8) is 0 Å². The van der Waals surface area contributed by atoms with E-state index in [-0.39, 0.29) is 13.2 Å². The summed E-state index contributed by atoms with van der Waals surface area (Å²) in [5.74, 6) is -8.32. The molecule has 1 aromatic rings. The lowest BCUT2D eigenvalue weighted by atomic mass is 10.2. The van der Waals surface area contributed by atoms with Gasteiger partial charge < -0.3 is 9.47 Å². The Morgan fingerprint density at radius 3 is 1.47 bits per heavy atom. The van der Waals surface area contributed by atoms with Crippen LogP contribution in [0.25, 0.3) is 0 Å². The molecule has 2 nitrogen and oxygen atoms in total. The van der Waals surface area contributed by atoms with E-state index >= 15 is 0 Å². The van der Waals surface area contributed by atoms with Gasteiger partial charge >= 0.3 is 0 Å². The third-order valence-corrected chi connectivity index (χ3v) is 1.96. The fraction of sp³-hybridized carbons (Fsp3) is 0.333. The summed E-state index contributed by atoms with van der Waals surface area (Å²) in [6, 6.07) is 0. The van der Waals surface area contributed by atoms with Crippen LogP contribution in [0.4, 0.5) is 17.6 Å². The average Bonchev–Trinajstić information content (AvgIpc) is 2.48. The lowest BCUT2D eigenvalue weighted by Crippen LogP contribution is -2.03. The van der Waals surface area contributed by atoms with Crippen molar-refractivity contribution < 1.29 is 27.0 Å². The summed E-state index contributed by atoms with van der Waals surface area (Å²) in [5.41, 5.74) is 0. The van der Waals surface area contributed by atoms with Gasteiger partial charge in [-0.25, -0.2) is 8.78 Å². The Balaban J connectivity index is 2.66. The van der Waals surface area contributed by atoms with Gasteiger partial charge in [-0.05, 0) is 0 Å². The maximum atomic E-state index is 13.1. The molecule has 0 atom stereocenters. The molecule has 6 heteroatoms. The molecule has 0 N–H and O–H groups in total. The zero-order valence-corrected chi connectivity index (χ0v) is 7.45. The van der Waals surface area contributed by atoms with E-state index < -0.39 is 34.8 Å². The molecule has 0 unspecified atom stereocenters. The second-order valence-corrected chi connectivity index (χ2v) is 2.96. The fourth-order valence-corrected chi connectivity index (χ4v) is 1.26. The molecule has 15 heavy (non-hydrogen) atoms. The first-order valence-corrected chi connectivity index (χ1v) is 4.24. The van der Waals surface area contributed by atoms with Gasteiger partial charge in [0.2, 0.25) is 34.8 Å². The highest BCUT2D eigenvalue weighted by molar-refractivity contribution is 5.44. The SMILES string of the molecule is Fc1c(F)c(F)c2c(c1F)OCCCO2. The van der Waals surface area contributed by atoms with E-state index in [9.17, 15) is 17.6 Å². The van der Waals surface area contributed by atoms with Crippen LogP contribution >= 0.6 is 0 Å². The van der Waals surface area contributed by atoms with Crippen molar-refractivity contribution in [3.05, 3.63) is 23.3 Å². The molecule has 1 aliphatic heterocycles. The van der Waals surface area contributed by atoms with E-state index in [1.807, 2.05) is 0 Å². The Hall–Kier alpha value is -1.46. The minimum atomic E-state index is -1.89. The summed E-state index contributed by atoms with van der Waals surface area (Å²) in [5, 5.41) is 0. The summed E-state index contributed by atoms with van der Waals surface area (Å²) in [7, 11) is 0. The van der Waals surface area contributed by atoms with Gasteiger partial charge in [-0.3, -0.25) is 0 Å². The number of fused-ring (bicyclic) bond motifs is 1. The number of rotatable bonds is 0. The lowest BCUT2D eigenvalue weighted by Gasteiger charge is -2.10. The van der Waals surface area contributed by atoms with Gasteiger partial charge in [0.05, 0.1) is 13.2 Å². The van der Waals surface area contributed by atoms with E-state index in [0.717, 1.165) is 0 Å². The van der Waals surface area contributed by atoms with E-state index in [2.05, 4.69) is 0 Å². The maximum absolute atomic E-state index is 13.1. The quantitative estimate of drug-likeness (QED) is 0.381. The second kappa shape index (κ2) is 3.60. The van der Waals surface area contributed by atoms with Crippen LogP contribution in [0, 0.1) is 23.3 Å². The van der Waals surface area contributed by atoms with Crippen LogP contribution in [0.5, 0.6) is 11.5 Å². The minimum Gasteiger partial charge on any atom is -0.487 e. The molecule has 0 spiro atoms. The van der Waals surface area contributed by atoms with Crippen LogP contribution in [-0.4, -0.2) is 13.2 Å². The van der Waals surface area contributed by atoms with Crippen molar-refractivity contribution in [1.29, 1.82) is 0 Å². The normalized spacial score (nSPS) is 14.9. The number of ether oxygens (including phenoxy) is 2. The number of benzene rings is 1. The molecular formula is C9H6F4O2. The zero-order chi connectivity index (χ0) is 11.0. The van der Waals surface area contributed by atoms with Crippen LogP contribution in [-0.2, 0) is 0 Å². The minimum absolute atomic E-state index is 0.0639. The van der Waals surface area contributed by atoms with Crippen LogP contribution < -0.4 is 9.47 Å². The van der Waals surface area contributed by atoms with E-state index in [0.29, 0.717) is 6.42 Å². The van der Waals surface area contributed by atoms with Crippen LogP contribution in [0.1, 0.15) is 6.42 Å². The van der Waals surface area contributed by atoms with Crippen LogP contribution in [0.2, 0.25) is 0 Å². The molecule has 0 aliphatic carbocycles. The first-order valence-electron chi connectivity index (χ1n) is 4.24. The number of halogens is 4. The van der Waals surface area contributed by atoms with Crippen molar-refractivity contribution in [2.45, 2.75) is 6.42 Å². The van der Waals surface area contributed by atoms with E-state index in [1.54, 1.807) is 0 Å². The van der Waals surface area contributed by atoms with Gasteiger partial charge in [-0.15, -0.1) is 0 Å². The standard InChI is InChI=1S/C9H6F4O2/c10-4-5(11)7(13)9-8(6(4)12)14-2-1-3-15-9/h1-3H2. The third-order valence-electron chi connectivity index (χ3n) is 1.96. The van der Waals surface area contributed by atoms with Crippen molar-refractivity contribution in [3.8, 4) is 11.5 Å². The largest absolute Gasteiger partial charge is 0.487 e. The summed E-state index contributed by atoms with van der Waals surface area (Å²) in [4.78, 5) is 0. The molecule has 1 aliphatic rings. The monoisotopic (exact) mass is 222 g/mol. The lowest BCUT2D eigenvalue weighted by molar-refractivity contribution is 0.288. The Labute approximate surface area is 82.4 Å². The molecule has 0 bridgehead atoms. The Morgan fingerprint density at radius 1 is 0.667 bits per heavy atom. The predicted octanol–water partition coefficient (Wildman–Crippen LogP) is 2.40. The maximum Gasteiger partial charge on any atom is 0.207 e. The summed E-state index contributed by atoms with van der Waals surface area (Å²) >= 11 is 0. The van der Waals surface area contributed by atoms with Gasteiger partial charge in [0.15, 0.2) is 0 Å². The molecule has 1 heterocycles. The molecule has 0 amide bonds. The summed E-state index contributed by atoms with van der Waals surface area (Å²) < 4.78 is 61.3. The molecule has 0 radical (unpaired) electrons. The van der Waals surface area contributed by atoms with Gasteiger partial charge in [-0.1, -0.05) is 0 Å².